The van der Waals surface area contributed by atoms with E-state index in [9.17, 15) is 9.90 Å². The van der Waals surface area contributed by atoms with Gasteiger partial charge in [0.05, 0.1) is 19.3 Å². The minimum atomic E-state index is -0.299. The fourth-order valence-electron chi connectivity index (χ4n) is 2.47. The van der Waals surface area contributed by atoms with E-state index >= 15 is 0 Å². The summed E-state index contributed by atoms with van der Waals surface area (Å²) in [6.07, 6.45) is 3.67. The van der Waals surface area contributed by atoms with Gasteiger partial charge in [0.15, 0.2) is 11.2 Å². The van der Waals surface area contributed by atoms with E-state index in [-0.39, 0.29) is 30.1 Å². The highest BCUT2D eigenvalue weighted by atomic mass is 16.3. The molecule has 3 rings (SSSR count). The number of aromatic amines is 1. The number of aliphatic hydroxyl groups is 2. The lowest BCUT2D eigenvalue weighted by atomic mass is 10.1. The molecule has 0 unspecified atom stereocenters. The van der Waals surface area contributed by atoms with E-state index < -0.39 is 0 Å². The lowest BCUT2D eigenvalue weighted by molar-refractivity contribution is 0.158. The molecular formula is C11H14N4O3. The van der Waals surface area contributed by atoms with Crippen molar-refractivity contribution in [3.8, 4) is 0 Å². The Hall–Kier alpha value is -1.73. The largest absolute Gasteiger partial charge is 0.396 e. The van der Waals surface area contributed by atoms with Crippen molar-refractivity contribution in [2.45, 2.75) is 13.0 Å². The zero-order chi connectivity index (χ0) is 12.8. The summed E-state index contributed by atoms with van der Waals surface area (Å²) < 4.78 is 1.76. The number of aromatic nitrogens is 4. The molecule has 0 bridgehead atoms. The van der Waals surface area contributed by atoms with Crippen LogP contribution in [0.5, 0.6) is 0 Å². The highest BCUT2D eigenvalue weighted by Gasteiger charge is 2.53. The molecule has 0 saturated heterocycles. The van der Waals surface area contributed by atoms with Crippen LogP contribution in [0, 0.1) is 11.3 Å². The Balaban J connectivity index is 1.97. The van der Waals surface area contributed by atoms with Gasteiger partial charge in [0.2, 0.25) is 0 Å². The van der Waals surface area contributed by atoms with E-state index in [0.717, 1.165) is 6.42 Å². The smallest absolute Gasteiger partial charge is 0.278 e. The molecule has 18 heavy (non-hydrogen) atoms. The van der Waals surface area contributed by atoms with E-state index in [1.165, 1.54) is 6.33 Å². The van der Waals surface area contributed by atoms with Crippen molar-refractivity contribution >= 4 is 11.2 Å². The van der Waals surface area contributed by atoms with Crippen LogP contribution < -0.4 is 5.56 Å². The van der Waals surface area contributed by atoms with Gasteiger partial charge in [-0.2, -0.15) is 0 Å². The van der Waals surface area contributed by atoms with Crippen molar-refractivity contribution in [2.24, 2.45) is 11.3 Å². The van der Waals surface area contributed by atoms with Gasteiger partial charge in [0.25, 0.3) is 5.56 Å². The van der Waals surface area contributed by atoms with E-state index in [2.05, 4.69) is 15.0 Å². The van der Waals surface area contributed by atoms with Gasteiger partial charge in [0.1, 0.15) is 0 Å². The topological polar surface area (TPSA) is 104 Å². The first-order valence-corrected chi connectivity index (χ1v) is 5.80. The van der Waals surface area contributed by atoms with Crippen LogP contribution in [-0.4, -0.2) is 42.9 Å². The molecule has 0 amide bonds. The van der Waals surface area contributed by atoms with Crippen molar-refractivity contribution in [2.75, 3.05) is 13.2 Å². The zero-order valence-corrected chi connectivity index (χ0v) is 9.70. The Labute approximate surface area is 102 Å². The molecule has 0 aromatic carbocycles. The van der Waals surface area contributed by atoms with Crippen molar-refractivity contribution in [3.05, 3.63) is 23.0 Å². The summed E-state index contributed by atoms with van der Waals surface area (Å²) in [4.78, 5) is 22.1. The lowest BCUT2D eigenvalue weighted by Gasteiger charge is -2.14. The number of H-pyrrole nitrogens is 1. The molecule has 1 aliphatic carbocycles. The van der Waals surface area contributed by atoms with Crippen LogP contribution in [-0.2, 0) is 6.54 Å². The molecule has 0 radical (unpaired) electrons. The van der Waals surface area contributed by atoms with Crippen molar-refractivity contribution in [1.29, 1.82) is 0 Å². The molecule has 7 nitrogen and oxygen atoms in total. The van der Waals surface area contributed by atoms with Gasteiger partial charge < -0.3 is 19.8 Å². The summed E-state index contributed by atoms with van der Waals surface area (Å²) in [7, 11) is 0. The molecule has 1 saturated carbocycles. The minimum Gasteiger partial charge on any atom is -0.396 e. The normalized spacial score (nSPS) is 26.7. The molecule has 1 aliphatic rings. The van der Waals surface area contributed by atoms with Gasteiger partial charge in [-0.25, -0.2) is 9.97 Å². The SMILES string of the molecule is O=c1[nH]cnc2c1ncn2C[C@]1(CO)C[C@H]1CO. The van der Waals surface area contributed by atoms with Crippen LogP contribution in [0.2, 0.25) is 0 Å². The number of nitrogens with one attached hydrogen (secondary N) is 1. The van der Waals surface area contributed by atoms with Gasteiger partial charge in [-0.15, -0.1) is 0 Å². The minimum absolute atomic E-state index is 0.0150. The average molecular weight is 250 g/mol. The molecule has 0 spiro atoms. The molecule has 1 fully saturated rings. The lowest BCUT2D eigenvalue weighted by Crippen LogP contribution is -2.19. The van der Waals surface area contributed by atoms with Crippen LogP contribution >= 0.6 is 0 Å². The molecular weight excluding hydrogens is 236 g/mol. The van der Waals surface area contributed by atoms with Crippen LogP contribution in [0.4, 0.5) is 0 Å². The van der Waals surface area contributed by atoms with E-state index in [0.29, 0.717) is 17.7 Å². The molecule has 0 aliphatic heterocycles. The number of aliphatic hydroxyl groups excluding tert-OH is 2. The second kappa shape index (κ2) is 3.89. The van der Waals surface area contributed by atoms with Crippen molar-refractivity contribution in [1.82, 2.24) is 19.5 Å². The predicted octanol–water partition coefficient (Wildman–Crippen LogP) is -0.890. The Morgan fingerprint density at radius 2 is 2.33 bits per heavy atom. The number of rotatable bonds is 4. The van der Waals surface area contributed by atoms with Crippen molar-refractivity contribution in [3.63, 3.8) is 0 Å². The first-order valence-electron chi connectivity index (χ1n) is 5.80. The second-order valence-electron chi connectivity index (χ2n) is 4.88. The molecule has 7 heteroatoms. The maximum Gasteiger partial charge on any atom is 0.278 e. The summed E-state index contributed by atoms with van der Waals surface area (Å²) in [5.74, 6) is 0.113. The Morgan fingerprint density at radius 1 is 1.50 bits per heavy atom. The quantitative estimate of drug-likeness (QED) is 0.653. The number of fused-ring (bicyclic) bond motifs is 1. The monoisotopic (exact) mass is 250 g/mol. The second-order valence-corrected chi connectivity index (χ2v) is 4.88. The first-order chi connectivity index (χ1) is 8.70. The Bertz CT molecular complexity index is 634. The van der Waals surface area contributed by atoms with Gasteiger partial charge in [-0.05, 0) is 12.3 Å². The third kappa shape index (κ3) is 1.55. The summed E-state index contributed by atoms with van der Waals surface area (Å²) in [6.45, 7) is 0.601. The van der Waals surface area contributed by atoms with E-state index in [4.69, 9.17) is 5.11 Å². The molecule has 2 atom stereocenters. The van der Waals surface area contributed by atoms with E-state index in [1.54, 1.807) is 10.9 Å². The average Bonchev–Trinajstić information content (AvgIpc) is 2.94. The number of hydrogen-bond acceptors (Lipinski definition) is 5. The van der Waals surface area contributed by atoms with Gasteiger partial charge in [-0.1, -0.05) is 0 Å². The fraction of sp³-hybridized carbons (Fsp3) is 0.545. The summed E-state index contributed by atoms with van der Waals surface area (Å²) in [5.41, 5.74) is 0.236. The fourth-order valence-corrected chi connectivity index (χ4v) is 2.47. The molecule has 2 heterocycles. The van der Waals surface area contributed by atoms with Crippen LogP contribution in [0.15, 0.2) is 17.4 Å². The summed E-state index contributed by atoms with van der Waals surface area (Å²) in [6, 6.07) is 0. The summed E-state index contributed by atoms with van der Waals surface area (Å²) in [5, 5.41) is 18.6. The third-order valence-electron chi connectivity index (χ3n) is 3.79. The maximum absolute atomic E-state index is 11.5. The highest BCUT2D eigenvalue weighted by Crippen LogP contribution is 2.53. The number of nitrogens with zero attached hydrogens (tertiary/aromatic N) is 3. The highest BCUT2D eigenvalue weighted by molar-refractivity contribution is 5.68. The molecule has 96 valence electrons. The Morgan fingerprint density at radius 3 is 3.00 bits per heavy atom. The molecule has 3 N–H and O–H groups in total. The van der Waals surface area contributed by atoms with Gasteiger partial charge in [-0.3, -0.25) is 4.79 Å². The summed E-state index contributed by atoms with van der Waals surface area (Å²) >= 11 is 0. The standard InChI is InChI=1S/C11H14N4O3/c16-2-7-1-11(7,4-17)3-15-6-14-8-9(15)12-5-13-10(8)18/h5-7,16-17H,1-4H2,(H,12,13,18)/t7-,11-/m0/s1. The van der Waals surface area contributed by atoms with Gasteiger partial charge in [0, 0.05) is 18.6 Å². The first kappa shape index (κ1) is 11.4. The van der Waals surface area contributed by atoms with Crippen LogP contribution in [0.1, 0.15) is 6.42 Å². The van der Waals surface area contributed by atoms with Crippen molar-refractivity contribution < 1.29 is 10.2 Å². The van der Waals surface area contributed by atoms with E-state index in [1.807, 2.05) is 0 Å². The number of hydrogen-bond donors (Lipinski definition) is 3. The maximum atomic E-state index is 11.5. The zero-order valence-electron chi connectivity index (χ0n) is 9.70. The van der Waals surface area contributed by atoms with Crippen LogP contribution in [0.3, 0.4) is 0 Å². The number of imidazole rings is 1. The predicted molar refractivity (Wildman–Crippen MR) is 62.9 cm³/mol. The molecule has 2 aromatic heterocycles. The Kier molecular flexibility index (Phi) is 2.46. The van der Waals surface area contributed by atoms with Crippen LogP contribution in [0.25, 0.3) is 11.2 Å². The van der Waals surface area contributed by atoms with Gasteiger partial charge >= 0.3 is 0 Å². The third-order valence-corrected chi connectivity index (χ3v) is 3.79. The molecule has 2 aromatic rings.